The third-order valence-corrected chi connectivity index (χ3v) is 4.96. The van der Waals surface area contributed by atoms with Crippen LogP contribution < -0.4 is 0 Å². The fraction of sp³-hybridized carbons (Fsp3) is 0.118. The second kappa shape index (κ2) is 5.89. The van der Waals surface area contributed by atoms with Crippen molar-refractivity contribution >= 4 is 50.1 Å². The number of halogens is 1. The van der Waals surface area contributed by atoms with Crippen molar-refractivity contribution in [1.29, 1.82) is 0 Å². The van der Waals surface area contributed by atoms with E-state index in [1.807, 2.05) is 30.3 Å². The van der Waals surface area contributed by atoms with E-state index >= 15 is 0 Å². The van der Waals surface area contributed by atoms with Crippen LogP contribution in [0.5, 0.6) is 0 Å². The first-order valence-corrected chi connectivity index (χ1v) is 8.47. The van der Waals surface area contributed by atoms with Gasteiger partial charge in [-0.1, -0.05) is 29.8 Å². The van der Waals surface area contributed by atoms with Gasteiger partial charge in [0.15, 0.2) is 0 Å². The quantitative estimate of drug-likeness (QED) is 0.600. The SMILES string of the molecule is O=C(O)Cc1nn(Cc2nsc3ccccc23)c2ccc(Cl)cc12. The van der Waals surface area contributed by atoms with Gasteiger partial charge in [-0.2, -0.15) is 9.47 Å². The number of aromatic nitrogens is 3. The predicted octanol–water partition coefficient (Wildman–Crippen LogP) is 3.97. The normalized spacial score (nSPS) is 11.4. The molecule has 0 saturated heterocycles. The molecule has 0 aliphatic rings. The average Bonchev–Trinajstić information content (AvgIpc) is 3.10. The maximum Gasteiger partial charge on any atom is 0.309 e. The molecule has 4 aromatic rings. The fourth-order valence-corrected chi connectivity index (χ4v) is 3.77. The molecule has 0 unspecified atom stereocenters. The third kappa shape index (κ3) is 2.64. The number of hydrogen-bond donors (Lipinski definition) is 1. The van der Waals surface area contributed by atoms with Crippen molar-refractivity contribution < 1.29 is 9.90 Å². The van der Waals surface area contributed by atoms with Gasteiger partial charge in [-0.05, 0) is 35.8 Å². The molecular formula is C17H12ClN3O2S. The van der Waals surface area contributed by atoms with Gasteiger partial charge in [0.05, 0.1) is 34.6 Å². The lowest BCUT2D eigenvalue weighted by Crippen LogP contribution is -2.05. The van der Waals surface area contributed by atoms with Crippen molar-refractivity contribution in [2.45, 2.75) is 13.0 Å². The Morgan fingerprint density at radius 1 is 1.17 bits per heavy atom. The summed E-state index contributed by atoms with van der Waals surface area (Å²) in [4.78, 5) is 11.1. The minimum Gasteiger partial charge on any atom is -0.481 e. The number of hydrogen-bond acceptors (Lipinski definition) is 4. The van der Waals surface area contributed by atoms with Gasteiger partial charge in [-0.25, -0.2) is 0 Å². The third-order valence-electron chi connectivity index (χ3n) is 3.86. The first-order valence-electron chi connectivity index (χ1n) is 7.32. The lowest BCUT2D eigenvalue weighted by atomic mass is 10.1. The fourth-order valence-electron chi connectivity index (χ4n) is 2.81. The second-order valence-corrected chi connectivity index (χ2v) is 6.70. The molecule has 0 spiro atoms. The Morgan fingerprint density at radius 2 is 2.00 bits per heavy atom. The summed E-state index contributed by atoms with van der Waals surface area (Å²) in [6.07, 6.45) is -0.137. The number of carboxylic acid groups (broad SMARTS) is 1. The van der Waals surface area contributed by atoms with Crippen molar-refractivity contribution in [2.75, 3.05) is 0 Å². The van der Waals surface area contributed by atoms with Crippen molar-refractivity contribution in [1.82, 2.24) is 14.2 Å². The van der Waals surface area contributed by atoms with Gasteiger partial charge in [0.1, 0.15) is 0 Å². The maximum atomic E-state index is 11.1. The molecule has 0 radical (unpaired) electrons. The molecule has 0 aliphatic heterocycles. The minimum absolute atomic E-state index is 0.137. The summed E-state index contributed by atoms with van der Waals surface area (Å²) in [5.74, 6) is -0.916. The summed E-state index contributed by atoms with van der Waals surface area (Å²) < 4.78 is 7.44. The van der Waals surface area contributed by atoms with E-state index in [0.717, 1.165) is 26.7 Å². The summed E-state index contributed by atoms with van der Waals surface area (Å²) in [5, 5.41) is 16.0. The highest BCUT2D eigenvalue weighted by atomic mass is 35.5. The minimum atomic E-state index is -0.916. The largest absolute Gasteiger partial charge is 0.481 e. The highest BCUT2D eigenvalue weighted by molar-refractivity contribution is 7.13. The zero-order valence-electron chi connectivity index (χ0n) is 12.4. The molecule has 0 saturated carbocycles. The molecule has 2 heterocycles. The Labute approximate surface area is 146 Å². The zero-order valence-corrected chi connectivity index (χ0v) is 14.0. The Bertz CT molecular complexity index is 1070. The van der Waals surface area contributed by atoms with E-state index in [-0.39, 0.29) is 6.42 Å². The van der Waals surface area contributed by atoms with Crippen LogP contribution in [-0.4, -0.2) is 25.2 Å². The molecular weight excluding hydrogens is 346 g/mol. The topological polar surface area (TPSA) is 68.0 Å². The molecule has 24 heavy (non-hydrogen) atoms. The summed E-state index contributed by atoms with van der Waals surface area (Å²) in [6, 6.07) is 13.5. The molecule has 0 fully saturated rings. The molecule has 0 aliphatic carbocycles. The van der Waals surface area contributed by atoms with Gasteiger partial charge >= 0.3 is 5.97 Å². The molecule has 4 rings (SSSR count). The van der Waals surface area contributed by atoms with Crippen LogP contribution in [-0.2, 0) is 17.8 Å². The number of aliphatic carboxylic acids is 1. The molecule has 7 heteroatoms. The average molecular weight is 358 g/mol. The Morgan fingerprint density at radius 3 is 2.83 bits per heavy atom. The predicted molar refractivity (Wildman–Crippen MR) is 94.8 cm³/mol. The first-order chi connectivity index (χ1) is 11.6. The highest BCUT2D eigenvalue weighted by Gasteiger charge is 2.15. The molecule has 5 nitrogen and oxygen atoms in total. The summed E-state index contributed by atoms with van der Waals surface area (Å²) >= 11 is 7.51. The van der Waals surface area contributed by atoms with Crippen molar-refractivity contribution in [3.05, 3.63) is 58.9 Å². The number of carbonyl (C=O) groups is 1. The monoisotopic (exact) mass is 357 g/mol. The molecule has 0 atom stereocenters. The maximum absolute atomic E-state index is 11.1. The van der Waals surface area contributed by atoms with Crippen LogP contribution in [0.1, 0.15) is 11.4 Å². The summed E-state index contributed by atoms with van der Waals surface area (Å²) in [6.45, 7) is 0.488. The van der Waals surface area contributed by atoms with Crippen molar-refractivity contribution in [2.24, 2.45) is 0 Å². The van der Waals surface area contributed by atoms with Gasteiger partial charge in [-0.3, -0.25) is 9.48 Å². The van der Waals surface area contributed by atoms with E-state index in [4.69, 9.17) is 16.7 Å². The Kier molecular flexibility index (Phi) is 3.70. The van der Waals surface area contributed by atoms with E-state index in [2.05, 4.69) is 9.47 Å². The Balaban J connectivity index is 1.83. The second-order valence-electron chi connectivity index (χ2n) is 5.46. The van der Waals surface area contributed by atoms with E-state index in [0.29, 0.717) is 17.3 Å². The van der Waals surface area contributed by atoms with Crippen LogP contribution in [0, 0.1) is 0 Å². The zero-order chi connectivity index (χ0) is 16.7. The van der Waals surface area contributed by atoms with E-state index < -0.39 is 5.97 Å². The van der Waals surface area contributed by atoms with Crippen molar-refractivity contribution in [3.8, 4) is 0 Å². The van der Waals surface area contributed by atoms with Crippen LogP contribution in [0.4, 0.5) is 0 Å². The van der Waals surface area contributed by atoms with Crippen molar-refractivity contribution in [3.63, 3.8) is 0 Å². The standard InChI is InChI=1S/C17H12ClN3O2S/c18-10-5-6-15-12(7-10)13(8-17(22)23)19-21(15)9-14-11-3-1-2-4-16(11)24-20-14/h1-7H,8-9H2,(H,22,23). The number of carboxylic acids is 1. The van der Waals surface area contributed by atoms with E-state index in [9.17, 15) is 4.79 Å². The molecule has 0 amide bonds. The summed E-state index contributed by atoms with van der Waals surface area (Å²) in [5.41, 5.74) is 2.30. The first kappa shape index (κ1) is 15.1. The number of nitrogens with zero attached hydrogens (tertiary/aromatic N) is 3. The molecule has 1 N–H and O–H groups in total. The van der Waals surface area contributed by atoms with Gasteiger partial charge in [0.2, 0.25) is 0 Å². The van der Waals surface area contributed by atoms with E-state index in [1.54, 1.807) is 16.8 Å². The molecule has 2 aromatic carbocycles. The molecule has 0 bridgehead atoms. The van der Waals surface area contributed by atoms with Crippen LogP contribution >= 0.6 is 23.1 Å². The number of benzene rings is 2. The van der Waals surface area contributed by atoms with Gasteiger partial charge in [0.25, 0.3) is 0 Å². The highest BCUT2D eigenvalue weighted by Crippen LogP contribution is 2.27. The molecule has 120 valence electrons. The van der Waals surface area contributed by atoms with Crippen LogP contribution in [0.25, 0.3) is 21.0 Å². The number of fused-ring (bicyclic) bond motifs is 2. The number of rotatable bonds is 4. The van der Waals surface area contributed by atoms with Crippen LogP contribution in [0.15, 0.2) is 42.5 Å². The smallest absolute Gasteiger partial charge is 0.309 e. The van der Waals surface area contributed by atoms with Gasteiger partial charge in [-0.15, -0.1) is 0 Å². The lowest BCUT2D eigenvalue weighted by Gasteiger charge is -2.02. The van der Waals surface area contributed by atoms with Crippen LogP contribution in [0.2, 0.25) is 5.02 Å². The van der Waals surface area contributed by atoms with E-state index in [1.165, 1.54) is 11.5 Å². The lowest BCUT2D eigenvalue weighted by molar-refractivity contribution is -0.136. The van der Waals surface area contributed by atoms with Gasteiger partial charge in [0, 0.05) is 15.8 Å². The molecule has 2 aromatic heterocycles. The Hall–Kier alpha value is -2.44. The van der Waals surface area contributed by atoms with Gasteiger partial charge < -0.3 is 5.11 Å². The van der Waals surface area contributed by atoms with Crippen LogP contribution in [0.3, 0.4) is 0 Å². The summed E-state index contributed by atoms with van der Waals surface area (Å²) in [7, 11) is 0.